The number of aryl methyl sites for hydroxylation is 2. The van der Waals surface area contributed by atoms with Gasteiger partial charge in [-0.05, 0) is 57.1 Å². The molecule has 1 aliphatic heterocycles. The van der Waals surface area contributed by atoms with Crippen molar-refractivity contribution in [3.8, 4) is 0 Å². The number of carbonyl (C=O) groups excluding carboxylic acids is 3. The van der Waals surface area contributed by atoms with Crippen LogP contribution in [0.1, 0.15) is 37.0 Å². The maximum atomic E-state index is 12.9. The summed E-state index contributed by atoms with van der Waals surface area (Å²) in [5.74, 6) is 0.254. The van der Waals surface area contributed by atoms with Crippen molar-refractivity contribution >= 4 is 35.2 Å². The number of esters is 1. The highest BCUT2D eigenvalue weighted by atomic mass is 35.5. The van der Waals surface area contributed by atoms with Gasteiger partial charge in [0.25, 0.3) is 0 Å². The zero-order valence-corrected chi connectivity index (χ0v) is 20.4. The molecule has 182 valence electrons. The Morgan fingerprint density at radius 3 is 2.62 bits per heavy atom. The summed E-state index contributed by atoms with van der Waals surface area (Å²) in [6, 6.07) is 7.45. The molecule has 3 rings (SSSR count). The van der Waals surface area contributed by atoms with Crippen LogP contribution >= 0.6 is 11.6 Å². The molecule has 9 nitrogen and oxygen atoms in total. The van der Waals surface area contributed by atoms with Gasteiger partial charge in [0.2, 0.25) is 5.91 Å². The van der Waals surface area contributed by atoms with E-state index in [2.05, 4.69) is 16.0 Å². The summed E-state index contributed by atoms with van der Waals surface area (Å²) >= 11 is 6.05. The van der Waals surface area contributed by atoms with E-state index in [0.29, 0.717) is 34.5 Å². The van der Waals surface area contributed by atoms with E-state index in [9.17, 15) is 14.4 Å². The molecule has 0 aliphatic carbocycles. The lowest BCUT2D eigenvalue weighted by atomic mass is 10.00. The van der Waals surface area contributed by atoms with Gasteiger partial charge in [-0.1, -0.05) is 24.6 Å². The van der Waals surface area contributed by atoms with Crippen molar-refractivity contribution in [2.45, 2.75) is 33.7 Å². The second-order valence-corrected chi connectivity index (χ2v) is 8.34. The van der Waals surface area contributed by atoms with E-state index < -0.39 is 18.0 Å². The molecule has 0 unspecified atom stereocenters. The zero-order chi connectivity index (χ0) is 24.8. The predicted octanol–water partition coefficient (Wildman–Crippen LogP) is 3.68. The fourth-order valence-electron chi connectivity index (χ4n) is 3.64. The van der Waals surface area contributed by atoms with Crippen molar-refractivity contribution in [1.82, 2.24) is 15.5 Å². The van der Waals surface area contributed by atoms with E-state index in [1.54, 1.807) is 43.0 Å². The first-order chi connectivity index (χ1) is 16.2. The third-order valence-corrected chi connectivity index (χ3v) is 5.60. The predicted molar refractivity (Wildman–Crippen MR) is 128 cm³/mol. The summed E-state index contributed by atoms with van der Waals surface area (Å²) in [6.07, 6.45) is 0. The maximum Gasteiger partial charge on any atom is 0.338 e. The van der Waals surface area contributed by atoms with E-state index in [1.165, 1.54) is 0 Å². The van der Waals surface area contributed by atoms with Crippen LogP contribution in [0.25, 0.3) is 0 Å². The lowest BCUT2D eigenvalue weighted by Crippen LogP contribution is -2.49. The molecule has 0 radical (unpaired) electrons. The zero-order valence-electron chi connectivity index (χ0n) is 19.7. The average Bonchev–Trinajstić information content (AvgIpc) is 3.21. The van der Waals surface area contributed by atoms with Crippen molar-refractivity contribution in [1.29, 1.82) is 0 Å². The summed E-state index contributed by atoms with van der Waals surface area (Å²) in [5, 5.41) is 8.83. The van der Waals surface area contributed by atoms with Crippen LogP contribution in [0.3, 0.4) is 0 Å². The number of carbonyl (C=O) groups is 3. The van der Waals surface area contributed by atoms with E-state index in [0.717, 1.165) is 5.56 Å². The number of amides is 3. The first kappa shape index (κ1) is 25.3. The number of hydrogen-bond donors (Lipinski definition) is 3. The van der Waals surface area contributed by atoms with Crippen LogP contribution in [0.2, 0.25) is 5.02 Å². The number of ether oxygens (including phenoxy) is 1. The van der Waals surface area contributed by atoms with Gasteiger partial charge in [0.05, 0.1) is 18.7 Å². The summed E-state index contributed by atoms with van der Waals surface area (Å²) in [4.78, 5) is 39.9. The molecule has 3 amide bonds. The third kappa shape index (κ3) is 6.18. The highest BCUT2D eigenvalue weighted by Crippen LogP contribution is 2.29. The molecular formula is C24H29ClN4O5. The average molecular weight is 489 g/mol. The molecule has 2 aromatic rings. The summed E-state index contributed by atoms with van der Waals surface area (Å²) in [6.45, 7) is 8.10. The first-order valence-electron chi connectivity index (χ1n) is 11.0. The molecule has 34 heavy (non-hydrogen) atoms. The van der Waals surface area contributed by atoms with Gasteiger partial charge in [-0.2, -0.15) is 0 Å². The molecule has 0 fully saturated rings. The smallest absolute Gasteiger partial charge is 0.338 e. The Kier molecular flexibility index (Phi) is 8.36. The fraction of sp³-hybridized carbons (Fsp3) is 0.375. The van der Waals surface area contributed by atoms with Gasteiger partial charge in [-0.25, -0.2) is 9.59 Å². The van der Waals surface area contributed by atoms with Crippen molar-refractivity contribution in [3.05, 3.63) is 63.7 Å². The molecule has 2 heterocycles. The molecule has 10 heteroatoms. The summed E-state index contributed by atoms with van der Waals surface area (Å²) in [7, 11) is 0. The number of nitrogens with one attached hydrogen (secondary N) is 3. The van der Waals surface area contributed by atoms with Gasteiger partial charge < -0.3 is 25.1 Å². The van der Waals surface area contributed by atoms with Gasteiger partial charge >= 0.3 is 12.0 Å². The Bertz CT molecular complexity index is 1110. The van der Waals surface area contributed by atoms with Crippen molar-refractivity contribution in [3.63, 3.8) is 0 Å². The summed E-state index contributed by atoms with van der Waals surface area (Å²) in [5.41, 5.74) is 2.11. The standard InChI is InChI=1S/C24H29ClN4O5/c1-5-29(13-20(30)26-17-11-16(25)9-7-14(17)3)12-18-21(23(31)33-6-2)22(28-24(32)27-18)19-10-8-15(4)34-19/h7-11,22H,5-6,12-13H2,1-4H3,(H,26,30)(H2,27,28,32)/t22-/m1/s1. The minimum atomic E-state index is -0.807. The van der Waals surface area contributed by atoms with E-state index in [-0.39, 0.29) is 31.2 Å². The van der Waals surface area contributed by atoms with Gasteiger partial charge in [-0.3, -0.25) is 9.69 Å². The maximum absolute atomic E-state index is 12.9. The highest BCUT2D eigenvalue weighted by molar-refractivity contribution is 6.31. The van der Waals surface area contributed by atoms with Crippen LogP contribution in [0.5, 0.6) is 0 Å². The van der Waals surface area contributed by atoms with Crippen LogP contribution in [-0.2, 0) is 14.3 Å². The summed E-state index contributed by atoms with van der Waals surface area (Å²) < 4.78 is 11.0. The minimum absolute atomic E-state index is 0.0376. The van der Waals surface area contributed by atoms with E-state index >= 15 is 0 Å². The molecule has 0 saturated carbocycles. The van der Waals surface area contributed by atoms with Gasteiger partial charge in [-0.15, -0.1) is 0 Å². The lowest BCUT2D eigenvalue weighted by molar-refractivity contribution is -0.139. The Morgan fingerprint density at radius 1 is 1.21 bits per heavy atom. The van der Waals surface area contributed by atoms with Crippen molar-refractivity contribution < 1.29 is 23.5 Å². The number of halogens is 1. The quantitative estimate of drug-likeness (QED) is 0.464. The van der Waals surface area contributed by atoms with E-state index in [4.69, 9.17) is 20.8 Å². The SMILES string of the molecule is CCOC(=O)C1=C(CN(CC)CC(=O)Nc2cc(Cl)ccc2C)NC(=O)N[C@@H]1c1ccc(C)o1. The minimum Gasteiger partial charge on any atom is -0.464 e. The Morgan fingerprint density at radius 2 is 1.97 bits per heavy atom. The number of furan rings is 1. The normalized spacial score (nSPS) is 15.7. The molecular weight excluding hydrogens is 460 g/mol. The van der Waals surface area contributed by atoms with Crippen LogP contribution in [0, 0.1) is 13.8 Å². The first-order valence-corrected chi connectivity index (χ1v) is 11.4. The largest absolute Gasteiger partial charge is 0.464 e. The molecule has 1 atom stereocenters. The molecule has 0 spiro atoms. The van der Waals surface area contributed by atoms with Gasteiger partial charge in [0, 0.05) is 23.0 Å². The second kappa shape index (κ2) is 11.2. The van der Waals surface area contributed by atoms with Gasteiger partial charge in [0.1, 0.15) is 17.6 Å². The van der Waals surface area contributed by atoms with Crippen LogP contribution in [0.4, 0.5) is 10.5 Å². The molecule has 0 bridgehead atoms. The molecule has 1 aromatic heterocycles. The monoisotopic (exact) mass is 488 g/mol. The fourth-order valence-corrected chi connectivity index (χ4v) is 3.81. The highest BCUT2D eigenvalue weighted by Gasteiger charge is 2.36. The lowest BCUT2D eigenvalue weighted by Gasteiger charge is -2.30. The number of rotatable bonds is 9. The Labute approximate surface area is 203 Å². The number of likely N-dealkylation sites (N-methyl/N-ethyl adjacent to an activating group) is 1. The molecule has 3 N–H and O–H groups in total. The molecule has 1 aromatic carbocycles. The van der Waals surface area contributed by atoms with E-state index in [1.807, 2.05) is 19.9 Å². The molecule has 0 saturated heterocycles. The third-order valence-electron chi connectivity index (χ3n) is 5.36. The number of benzene rings is 1. The number of anilines is 1. The topological polar surface area (TPSA) is 113 Å². The molecule has 1 aliphatic rings. The Balaban J connectivity index is 1.85. The van der Waals surface area contributed by atoms with Gasteiger partial charge in [0.15, 0.2) is 0 Å². The number of nitrogens with zero attached hydrogens (tertiary/aromatic N) is 1. The number of urea groups is 1. The Hall–Kier alpha value is -3.30. The second-order valence-electron chi connectivity index (χ2n) is 7.90. The van der Waals surface area contributed by atoms with Crippen LogP contribution in [0.15, 0.2) is 46.0 Å². The van der Waals surface area contributed by atoms with Crippen LogP contribution < -0.4 is 16.0 Å². The number of hydrogen-bond acceptors (Lipinski definition) is 6. The van der Waals surface area contributed by atoms with Crippen molar-refractivity contribution in [2.24, 2.45) is 0 Å². The van der Waals surface area contributed by atoms with Crippen LogP contribution in [-0.4, -0.2) is 49.0 Å². The van der Waals surface area contributed by atoms with Crippen molar-refractivity contribution in [2.75, 3.05) is 31.6 Å².